The molecule has 1 aromatic heterocycles. The van der Waals surface area contributed by atoms with Gasteiger partial charge in [-0.3, -0.25) is 9.78 Å². The van der Waals surface area contributed by atoms with Crippen molar-refractivity contribution >= 4 is 5.91 Å². The molecule has 76 valence electrons. The van der Waals surface area contributed by atoms with E-state index in [-0.39, 0.29) is 11.8 Å². The van der Waals surface area contributed by atoms with Gasteiger partial charge in [-0.05, 0) is 30.5 Å². The fraction of sp³-hybridized carbons (Fsp3) is 0.455. The van der Waals surface area contributed by atoms with E-state index in [1.807, 2.05) is 19.1 Å². The van der Waals surface area contributed by atoms with Crippen LogP contribution in [0, 0.1) is 5.92 Å². The monoisotopic (exact) mass is 192 g/mol. The summed E-state index contributed by atoms with van der Waals surface area (Å²) in [5.74, 6) is 0.187. The second-order valence-corrected chi connectivity index (χ2v) is 3.28. The zero-order valence-electron chi connectivity index (χ0n) is 8.66. The second kappa shape index (κ2) is 5.37. The molecule has 0 bridgehead atoms. The highest BCUT2D eigenvalue weighted by atomic mass is 16.1. The van der Waals surface area contributed by atoms with Crippen molar-refractivity contribution in [1.29, 1.82) is 0 Å². The van der Waals surface area contributed by atoms with Crippen molar-refractivity contribution in [3.63, 3.8) is 0 Å². The first-order valence-electron chi connectivity index (χ1n) is 4.88. The number of rotatable bonds is 4. The molecule has 0 saturated carbocycles. The predicted octanol–water partition coefficient (Wildman–Crippen LogP) is 1.40. The minimum absolute atomic E-state index is 0.0717. The Morgan fingerprint density at radius 1 is 1.50 bits per heavy atom. The zero-order chi connectivity index (χ0) is 10.4. The summed E-state index contributed by atoms with van der Waals surface area (Å²) in [7, 11) is 1.68. The number of aromatic nitrogens is 1. The molecule has 1 aromatic rings. The molecule has 0 aliphatic heterocycles. The molecule has 3 heteroatoms. The number of nitrogens with zero attached hydrogens (tertiary/aromatic N) is 1. The first kappa shape index (κ1) is 10.7. The molecule has 0 saturated heterocycles. The lowest BCUT2D eigenvalue weighted by Crippen LogP contribution is -2.28. The van der Waals surface area contributed by atoms with Crippen molar-refractivity contribution in [2.75, 3.05) is 7.05 Å². The Labute approximate surface area is 84.6 Å². The number of nitrogens with one attached hydrogen (secondary N) is 1. The van der Waals surface area contributed by atoms with Gasteiger partial charge >= 0.3 is 0 Å². The maximum Gasteiger partial charge on any atom is 0.223 e. The van der Waals surface area contributed by atoms with E-state index in [0.29, 0.717) is 0 Å². The van der Waals surface area contributed by atoms with E-state index < -0.39 is 0 Å². The van der Waals surface area contributed by atoms with Crippen LogP contribution >= 0.6 is 0 Å². The molecule has 1 heterocycles. The molecule has 14 heavy (non-hydrogen) atoms. The van der Waals surface area contributed by atoms with Gasteiger partial charge in [-0.15, -0.1) is 0 Å². The van der Waals surface area contributed by atoms with Gasteiger partial charge in [0.05, 0.1) is 0 Å². The standard InChI is InChI=1S/C11H16N2O/c1-3-10(11(14)12-2)8-9-4-6-13-7-5-9/h4-7,10H,3,8H2,1-2H3,(H,12,14). The SMILES string of the molecule is CCC(Cc1ccncc1)C(=O)NC. The Morgan fingerprint density at radius 2 is 2.14 bits per heavy atom. The van der Waals surface area contributed by atoms with E-state index in [9.17, 15) is 4.79 Å². The summed E-state index contributed by atoms with van der Waals surface area (Å²) >= 11 is 0. The number of carbonyl (C=O) groups excluding carboxylic acids is 1. The summed E-state index contributed by atoms with van der Waals surface area (Å²) < 4.78 is 0. The van der Waals surface area contributed by atoms with Gasteiger partial charge in [0.25, 0.3) is 0 Å². The average Bonchev–Trinajstić information content (AvgIpc) is 2.26. The van der Waals surface area contributed by atoms with Gasteiger partial charge in [0.15, 0.2) is 0 Å². The number of pyridine rings is 1. The fourth-order valence-corrected chi connectivity index (χ4v) is 1.43. The molecule has 0 fully saturated rings. The average molecular weight is 192 g/mol. The summed E-state index contributed by atoms with van der Waals surface area (Å²) in [5.41, 5.74) is 1.16. The van der Waals surface area contributed by atoms with Crippen molar-refractivity contribution in [3.8, 4) is 0 Å². The highest BCUT2D eigenvalue weighted by Crippen LogP contribution is 2.11. The van der Waals surface area contributed by atoms with E-state index in [1.54, 1.807) is 19.4 Å². The zero-order valence-corrected chi connectivity index (χ0v) is 8.66. The van der Waals surface area contributed by atoms with E-state index in [4.69, 9.17) is 0 Å². The lowest BCUT2D eigenvalue weighted by Gasteiger charge is -2.12. The molecule has 0 radical (unpaired) electrons. The maximum atomic E-state index is 11.4. The Hall–Kier alpha value is -1.38. The van der Waals surface area contributed by atoms with Crippen molar-refractivity contribution < 1.29 is 4.79 Å². The molecule has 0 aromatic carbocycles. The maximum absolute atomic E-state index is 11.4. The van der Waals surface area contributed by atoms with Crippen LogP contribution in [0.2, 0.25) is 0 Å². The van der Waals surface area contributed by atoms with Gasteiger partial charge in [0, 0.05) is 25.4 Å². The number of hydrogen-bond donors (Lipinski definition) is 1. The van der Waals surface area contributed by atoms with E-state index in [2.05, 4.69) is 10.3 Å². The summed E-state index contributed by atoms with van der Waals surface area (Å²) in [4.78, 5) is 15.4. The smallest absolute Gasteiger partial charge is 0.223 e. The minimum atomic E-state index is 0.0717. The van der Waals surface area contributed by atoms with E-state index >= 15 is 0 Å². The highest BCUT2D eigenvalue weighted by molar-refractivity contribution is 5.78. The quantitative estimate of drug-likeness (QED) is 0.783. The Kier molecular flexibility index (Phi) is 4.11. The molecule has 1 amide bonds. The Balaban J connectivity index is 2.62. The third kappa shape index (κ3) is 2.83. The molecule has 1 atom stereocenters. The van der Waals surface area contributed by atoms with E-state index in [0.717, 1.165) is 18.4 Å². The third-order valence-electron chi connectivity index (χ3n) is 2.34. The van der Waals surface area contributed by atoms with Crippen LogP contribution in [0.1, 0.15) is 18.9 Å². The normalized spacial score (nSPS) is 12.1. The summed E-state index contributed by atoms with van der Waals surface area (Å²) in [6.45, 7) is 2.03. The van der Waals surface area contributed by atoms with Gasteiger partial charge < -0.3 is 5.32 Å². The van der Waals surface area contributed by atoms with Gasteiger partial charge in [0.1, 0.15) is 0 Å². The lowest BCUT2D eigenvalue weighted by atomic mass is 9.97. The first-order valence-corrected chi connectivity index (χ1v) is 4.88. The Morgan fingerprint density at radius 3 is 2.64 bits per heavy atom. The van der Waals surface area contributed by atoms with E-state index in [1.165, 1.54) is 0 Å². The van der Waals surface area contributed by atoms with Crippen molar-refractivity contribution in [1.82, 2.24) is 10.3 Å². The number of hydrogen-bond acceptors (Lipinski definition) is 2. The minimum Gasteiger partial charge on any atom is -0.359 e. The van der Waals surface area contributed by atoms with Gasteiger partial charge in [-0.1, -0.05) is 6.92 Å². The second-order valence-electron chi connectivity index (χ2n) is 3.28. The number of amides is 1. The summed E-state index contributed by atoms with van der Waals surface area (Å²) in [5, 5.41) is 2.68. The number of carbonyl (C=O) groups is 1. The van der Waals surface area contributed by atoms with Crippen LogP contribution in [0.4, 0.5) is 0 Å². The fourth-order valence-electron chi connectivity index (χ4n) is 1.43. The van der Waals surface area contributed by atoms with Gasteiger partial charge in [-0.2, -0.15) is 0 Å². The summed E-state index contributed by atoms with van der Waals surface area (Å²) in [6, 6.07) is 3.90. The largest absolute Gasteiger partial charge is 0.359 e. The van der Waals surface area contributed by atoms with Gasteiger partial charge in [0.2, 0.25) is 5.91 Å². The van der Waals surface area contributed by atoms with Crippen LogP contribution in [0.5, 0.6) is 0 Å². The van der Waals surface area contributed by atoms with Crippen LogP contribution in [-0.2, 0) is 11.2 Å². The van der Waals surface area contributed by atoms with Crippen LogP contribution in [0.3, 0.4) is 0 Å². The van der Waals surface area contributed by atoms with Gasteiger partial charge in [-0.25, -0.2) is 0 Å². The van der Waals surface area contributed by atoms with Crippen molar-refractivity contribution in [3.05, 3.63) is 30.1 Å². The summed E-state index contributed by atoms with van der Waals surface area (Å²) in [6.07, 6.45) is 5.17. The van der Waals surface area contributed by atoms with Crippen LogP contribution in [0.15, 0.2) is 24.5 Å². The molecule has 1 N–H and O–H groups in total. The third-order valence-corrected chi connectivity index (χ3v) is 2.34. The molecular weight excluding hydrogens is 176 g/mol. The molecule has 1 unspecified atom stereocenters. The molecule has 0 spiro atoms. The molecule has 1 rings (SSSR count). The Bertz CT molecular complexity index is 285. The molecule has 3 nitrogen and oxygen atoms in total. The van der Waals surface area contributed by atoms with Crippen LogP contribution < -0.4 is 5.32 Å². The highest BCUT2D eigenvalue weighted by Gasteiger charge is 2.14. The predicted molar refractivity (Wildman–Crippen MR) is 55.8 cm³/mol. The van der Waals surface area contributed by atoms with Crippen LogP contribution in [0.25, 0.3) is 0 Å². The van der Waals surface area contributed by atoms with Crippen molar-refractivity contribution in [2.45, 2.75) is 19.8 Å². The topological polar surface area (TPSA) is 42.0 Å². The first-order chi connectivity index (χ1) is 6.77. The van der Waals surface area contributed by atoms with Crippen molar-refractivity contribution in [2.24, 2.45) is 5.92 Å². The van der Waals surface area contributed by atoms with Crippen LogP contribution in [-0.4, -0.2) is 17.9 Å². The lowest BCUT2D eigenvalue weighted by molar-refractivity contribution is -0.124. The molecular formula is C11H16N2O. The molecule has 0 aliphatic carbocycles. The molecule has 0 aliphatic rings.